The summed E-state index contributed by atoms with van der Waals surface area (Å²) in [7, 11) is -3.18. The molecule has 100 valence electrons. The first-order valence-electron chi connectivity index (χ1n) is 6.09. The van der Waals surface area contributed by atoms with Crippen molar-refractivity contribution in [1.82, 2.24) is 10.2 Å². The van der Waals surface area contributed by atoms with E-state index < -0.39 is 9.84 Å². The molecule has 2 heterocycles. The van der Waals surface area contributed by atoms with E-state index in [9.17, 15) is 8.42 Å². The summed E-state index contributed by atoms with van der Waals surface area (Å²) in [5.74, 6) is 0.0937. The van der Waals surface area contributed by atoms with Crippen molar-refractivity contribution < 1.29 is 8.42 Å². The molecule has 1 atom stereocenters. The van der Waals surface area contributed by atoms with Crippen molar-refractivity contribution in [3.8, 4) is 0 Å². The van der Waals surface area contributed by atoms with Crippen LogP contribution in [-0.2, 0) is 9.84 Å². The number of nitrogens with zero attached hydrogens (tertiary/aromatic N) is 1. The highest BCUT2D eigenvalue weighted by molar-refractivity contribution is 7.91. The molecule has 1 aliphatic heterocycles. The van der Waals surface area contributed by atoms with E-state index >= 15 is 0 Å². The maximum Gasteiger partial charge on any atom is 0.181 e. The highest BCUT2D eigenvalue weighted by Crippen LogP contribution is 2.36. The summed E-state index contributed by atoms with van der Waals surface area (Å²) in [6.07, 6.45) is 0. The third-order valence-electron chi connectivity index (χ3n) is 3.46. The number of rotatable bonds is 2. The van der Waals surface area contributed by atoms with Crippen molar-refractivity contribution in [2.75, 3.05) is 11.1 Å². The molecule has 0 fully saturated rings. The van der Waals surface area contributed by atoms with Crippen LogP contribution >= 0.6 is 0 Å². The van der Waals surface area contributed by atoms with Crippen LogP contribution in [0.1, 0.15) is 23.0 Å². The SMILES string of the molecule is Cc1n[nH]c(C)c1NC1CS(=O)(=O)c2ccccc21. The van der Waals surface area contributed by atoms with Crippen LogP contribution in [0.4, 0.5) is 5.69 Å². The van der Waals surface area contributed by atoms with Gasteiger partial charge in [-0.05, 0) is 25.5 Å². The predicted molar refractivity (Wildman–Crippen MR) is 72.9 cm³/mol. The van der Waals surface area contributed by atoms with Crippen molar-refractivity contribution in [1.29, 1.82) is 0 Å². The van der Waals surface area contributed by atoms with Crippen molar-refractivity contribution in [3.05, 3.63) is 41.2 Å². The fourth-order valence-electron chi connectivity index (χ4n) is 2.51. The number of nitrogens with one attached hydrogen (secondary N) is 2. The van der Waals surface area contributed by atoms with E-state index in [1.807, 2.05) is 26.0 Å². The average Bonchev–Trinajstić information content (AvgIpc) is 2.82. The highest BCUT2D eigenvalue weighted by atomic mass is 32.2. The number of benzene rings is 1. The number of hydrogen-bond donors (Lipinski definition) is 2. The zero-order valence-corrected chi connectivity index (χ0v) is 11.6. The van der Waals surface area contributed by atoms with Crippen LogP contribution in [0, 0.1) is 13.8 Å². The summed E-state index contributed by atoms with van der Waals surface area (Å²) >= 11 is 0. The number of hydrogen-bond acceptors (Lipinski definition) is 4. The van der Waals surface area contributed by atoms with Gasteiger partial charge in [-0.2, -0.15) is 5.10 Å². The van der Waals surface area contributed by atoms with E-state index in [0.717, 1.165) is 22.6 Å². The largest absolute Gasteiger partial charge is 0.374 e. The zero-order valence-electron chi connectivity index (χ0n) is 10.8. The lowest BCUT2D eigenvalue weighted by Crippen LogP contribution is -2.13. The minimum absolute atomic E-state index is 0.0937. The molecule has 1 unspecified atom stereocenters. The Kier molecular flexibility index (Phi) is 2.63. The maximum absolute atomic E-state index is 12.1. The molecule has 19 heavy (non-hydrogen) atoms. The van der Waals surface area contributed by atoms with Gasteiger partial charge in [-0.1, -0.05) is 18.2 Å². The van der Waals surface area contributed by atoms with E-state index in [-0.39, 0.29) is 11.8 Å². The Hall–Kier alpha value is -1.82. The average molecular weight is 277 g/mol. The van der Waals surface area contributed by atoms with E-state index in [4.69, 9.17) is 0 Å². The highest BCUT2D eigenvalue weighted by Gasteiger charge is 2.34. The molecule has 0 saturated heterocycles. The second kappa shape index (κ2) is 4.09. The monoisotopic (exact) mass is 277 g/mol. The van der Waals surface area contributed by atoms with Gasteiger partial charge < -0.3 is 5.32 Å². The van der Waals surface area contributed by atoms with Crippen LogP contribution in [0.15, 0.2) is 29.2 Å². The molecule has 2 aromatic rings. The van der Waals surface area contributed by atoms with Gasteiger partial charge >= 0.3 is 0 Å². The van der Waals surface area contributed by atoms with Gasteiger partial charge in [-0.3, -0.25) is 5.10 Å². The molecule has 0 radical (unpaired) electrons. The van der Waals surface area contributed by atoms with Crippen molar-refractivity contribution in [3.63, 3.8) is 0 Å². The topological polar surface area (TPSA) is 74.8 Å². The number of sulfone groups is 1. The molecular weight excluding hydrogens is 262 g/mol. The molecular formula is C13H15N3O2S. The summed E-state index contributed by atoms with van der Waals surface area (Å²) in [6.45, 7) is 3.80. The number of anilines is 1. The van der Waals surface area contributed by atoms with Crippen molar-refractivity contribution >= 4 is 15.5 Å². The summed E-state index contributed by atoms with van der Waals surface area (Å²) < 4.78 is 24.2. The fraction of sp³-hybridized carbons (Fsp3) is 0.308. The minimum Gasteiger partial charge on any atom is -0.374 e. The first-order chi connectivity index (χ1) is 8.99. The number of H-pyrrole nitrogens is 1. The molecule has 0 aliphatic carbocycles. The molecule has 1 aliphatic rings. The molecule has 0 amide bonds. The Labute approximate surface area is 112 Å². The summed E-state index contributed by atoms with van der Waals surface area (Å²) in [6, 6.07) is 6.94. The number of aromatic amines is 1. The summed E-state index contributed by atoms with van der Waals surface area (Å²) in [5, 5.41) is 10.3. The molecule has 6 heteroatoms. The smallest absolute Gasteiger partial charge is 0.181 e. The molecule has 0 spiro atoms. The van der Waals surface area contributed by atoms with E-state index in [2.05, 4.69) is 15.5 Å². The second-order valence-electron chi connectivity index (χ2n) is 4.83. The quantitative estimate of drug-likeness (QED) is 0.880. The third kappa shape index (κ3) is 1.92. The fourth-order valence-corrected chi connectivity index (χ4v) is 4.24. The normalized spacial score (nSPS) is 20.2. The zero-order chi connectivity index (χ0) is 13.6. The predicted octanol–water partition coefficient (Wildman–Crippen LogP) is 1.97. The van der Waals surface area contributed by atoms with Gasteiger partial charge in [0.25, 0.3) is 0 Å². The molecule has 0 saturated carbocycles. The van der Waals surface area contributed by atoms with Crippen LogP contribution in [0.5, 0.6) is 0 Å². The first kappa shape index (κ1) is 12.2. The van der Waals surface area contributed by atoms with Crippen molar-refractivity contribution in [2.24, 2.45) is 0 Å². The van der Waals surface area contributed by atoms with E-state index in [1.165, 1.54) is 0 Å². The van der Waals surface area contributed by atoms with Gasteiger partial charge in [0.2, 0.25) is 0 Å². The van der Waals surface area contributed by atoms with Crippen LogP contribution in [0.3, 0.4) is 0 Å². The lowest BCUT2D eigenvalue weighted by molar-refractivity contribution is 0.598. The Balaban J connectivity index is 2.01. The van der Waals surface area contributed by atoms with Gasteiger partial charge in [0.15, 0.2) is 9.84 Å². The van der Waals surface area contributed by atoms with Crippen molar-refractivity contribution in [2.45, 2.75) is 24.8 Å². The Morgan fingerprint density at radius 2 is 2.05 bits per heavy atom. The Morgan fingerprint density at radius 3 is 2.74 bits per heavy atom. The standard InChI is InChI=1S/C13H15N3O2S/c1-8-13(9(2)16-15-8)14-11-7-19(17,18)12-6-4-3-5-10(11)12/h3-6,11,14H,7H2,1-2H3,(H,15,16). The lowest BCUT2D eigenvalue weighted by Gasteiger charge is -2.14. The summed E-state index contributed by atoms with van der Waals surface area (Å²) in [5.41, 5.74) is 3.48. The van der Waals surface area contributed by atoms with Gasteiger partial charge in [-0.25, -0.2) is 8.42 Å². The van der Waals surface area contributed by atoms with Crippen LogP contribution in [0.25, 0.3) is 0 Å². The third-order valence-corrected chi connectivity index (χ3v) is 5.28. The minimum atomic E-state index is -3.18. The molecule has 1 aromatic carbocycles. The molecule has 2 N–H and O–H groups in total. The number of aromatic nitrogens is 2. The van der Waals surface area contributed by atoms with Gasteiger partial charge in [0.1, 0.15) is 0 Å². The van der Waals surface area contributed by atoms with Crippen LogP contribution in [-0.4, -0.2) is 24.4 Å². The summed E-state index contributed by atoms with van der Waals surface area (Å²) in [4.78, 5) is 0.436. The first-order valence-corrected chi connectivity index (χ1v) is 7.74. The van der Waals surface area contributed by atoms with Crippen LogP contribution < -0.4 is 5.32 Å². The number of aryl methyl sites for hydroxylation is 2. The lowest BCUT2D eigenvalue weighted by atomic mass is 10.1. The molecule has 5 nitrogen and oxygen atoms in total. The van der Waals surface area contributed by atoms with E-state index in [0.29, 0.717) is 4.90 Å². The maximum atomic E-state index is 12.1. The van der Waals surface area contributed by atoms with Gasteiger partial charge in [0, 0.05) is 0 Å². The van der Waals surface area contributed by atoms with Gasteiger partial charge in [0.05, 0.1) is 33.8 Å². The Bertz CT molecular complexity index is 715. The van der Waals surface area contributed by atoms with Crippen LogP contribution in [0.2, 0.25) is 0 Å². The number of fused-ring (bicyclic) bond motifs is 1. The molecule has 1 aromatic heterocycles. The van der Waals surface area contributed by atoms with E-state index in [1.54, 1.807) is 12.1 Å². The molecule has 3 rings (SSSR count). The second-order valence-corrected chi connectivity index (χ2v) is 6.83. The Morgan fingerprint density at radius 1 is 1.32 bits per heavy atom. The molecule has 0 bridgehead atoms. The van der Waals surface area contributed by atoms with Gasteiger partial charge in [-0.15, -0.1) is 0 Å².